The van der Waals surface area contributed by atoms with E-state index in [4.69, 9.17) is 5.73 Å². The molecule has 3 heteroatoms. The summed E-state index contributed by atoms with van der Waals surface area (Å²) in [4.78, 5) is 0. The van der Waals surface area contributed by atoms with Crippen LogP contribution in [-0.2, 0) is 12.8 Å². The number of rotatable bonds is 4. The van der Waals surface area contributed by atoms with Crippen molar-refractivity contribution in [2.24, 2.45) is 5.73 Å². The maximum atomic E-state index is 13.5. The van der Waals surface area contributed by atoms with Gasteiger partial charge < -0.3 is 5.73 Å². The number of nitrogens with two attached hydrogens (primary N) is 1. The van der Waals surface area contributed by atoms with Crippen molar-refractivity contribution < 1.29 is 8.78 Å². The van der Waals surface area contributed by atoms with Gasteiger partial charge in [0.05, 0.1) is 0 Å². The average molecular weight is 261 g/mol. The lowest BCUT2D eigenvalue weighted by atomic mass is 9.97. The van der Waals surface area contributed by atoms with Crippen LogP contribution in [0.1, 0.15) is 16.7 Å². The highest BCUT2D eigenvalue weighted by molar-refractivity contribution is 5.27. The molecule has 0 aromatic heterocycles. The summed E-state index contributed by atoms with van der Waals surface area (Å²) in [7, 11) is 0. The quantitative estimate of drug-likeness (QED) is 0.897. The van der Waals surface area contributed by atoms with E-state index in [9.17, 15) is 8.78 Å². The van der Waals surface area contributed by atoms with Crippen LogP contribution in [0.15, 0.2) is 42.5 Å². The Balaban J connectivity index is 2.05. The molecule has 100 valence electrons. The smallest absolute Gasteiger partial charge is 0.129 e. The van der Waals surface area contributed by atoms with Crippen LogP contribution in [0.25, 0.3) is 0 Å². The summed E-state index contributed by atoms with van der Waals surface area (Å²) in [6.07, 6.45) is 1.09. The Kier molecular flexibility index (Phi) is 4.27. The summed E-state index contributed by atoms with van der Waals surface area (Å²) in [6.45, 7) is 2.03. The van der Waals surface area contributed by atoms with E-state index in [2.05, 4.69) is 0 Å². The van der Waals surface area contributed by atoms with Gasteiger partial charge in [-0.1, -0.05) is 30.3 Å². The molecule has 1 unspecified atom stereocenters. The minimum atomic E-state index is -0.561. The molecular weight excluding hydrogens is 244 g/mol. The van der Waals surface area contributed by atoms with E-state index in [0.717, 1.165) is 11.6 Å². The van der Waals surface area contributed by atoms with Gasteiger partial charge in [0.25, 0.3) is 0 Å². The van der Waals surface area contributed by atoms with E-state index in [-0.39, 0.29) is 6.04 Å². The van der Waals surface area contributed by atoms with Crippen LogP contribution in [0.5, 0.6) is 0 Å². The predicted molar refractivity (Wildman–Crippen MR) is 72.9 cm³/mol. The van der Waals surface area contributed by atoms with Crippen molar-refractivity contribution in [2.45, 2.75) is 25.8 Å². The van der Waals surface area contributed by atoms with Crippen LogP contribution in [0, 0.1) is 18.6 Å². The topological polar surface area (TPSA) is 26.0 Å². The molecule has 0 aliphatic heterocycles. The van der Waals surface area contributed by atoms with Gasteiger partial charge in [0.1, 0.15) is 11.6 Å². The molecule has 2 aromatic carbocycles. The monoisotopic (exact) mass is 261 g/mol. The molecule has 2 aromatic rings. The highest BCUT2D eigenvalue weighted by Crippen LogP contribution is 2.14. The number of halogens is 2. The summed E-state index contributed by atoms with van der Waals surface area (Å²) >= 11 is 0. The zero-order valence-corrected chi connectivity index (χ0v) is 10.9. The van der Waals surface area contributed by atoms with Gasteiger partial charge in [0.15, 0.2) is 0 Å². The minimum absolute atomic E-state index is 0.180. The second-order valence-corrected chi connectivity index (χ2v) is 4.83. The van der Waals surface area contributed by atoms with Crippen LogP contribution in [0.3, 0.4) is 0 Å². The average Bonchev–Trinajstić information content (AvgIpc) is 2.36. The lowest BCUT2D eigenvalue weighted by molar-refractivity contribution is 0.558. The molecule has 0 spiro atoms. The second kappa shape index (κ2) is 5.93. The van der Waals surface area contributed by atoms with Gasteiger partial charge in [0.2, 0.25) is 0 Å². The summed E-state index contributed by atoms with van der Waals surface area (Å²) < 4.78 is 26.3. The van der Waals surface area contributed by atoms with Gasteiger partial charge in [-0.15, -0.1) is 0 Å². The van der Waals surface area contributed by atoms with Gasteiger partial charge in [-0.25, -0.2) is 8.78 Å². The molecule has 0 saturated carbocycles. The van der Waals surface area contributed by atoms with Gasteiger partial charge >= 0.3 is 0 Å². The molecule has 0 heterocycles. The molecule has 0 amide bonds. The third kappa shape index (κ3) is 3.61. The molecule has 0 radical (unpaired) electrons. The Morgan fingerprint density at radius 3 is 2.37 bits per heavy atom. The molecule has 0 aliphatic carbocycles. The number of aryl methyl sites for hydroxylation is 1. The van der Waals surface area contributed by atoms with E-state index >= 15 is 0 Å². The zero-order valence-electron chi connectivity index (χ0n) is 10.9. The molecule has 2 rings (SSSR count). The fraction of sp³-hybridized carbons (Fsp3) is 0.250. The van der Waals surface area contributed by atoms with Crippen LogP contribution < -0.4 is 5.73 Å². The summed E-state index contributed by atoms with van der Waals surface area (Å²) in [6, 6.07) is 11.4. The van der Waals surface area contributed by atoms with Crippen molar-refractivity contribution in [1.29, 1.82) is 0 Å². The van der Waals surface area contributed by atoms with Crippen LogP contribution in [-0.4, -0.2) is 6.04 Å². The Bertz CT molecular complexity index is 566. The molecule has 1 nitrogen and oxygen atoms in total. The standard InChI is InChI=1S/C16H17F2N/c1-11-4-2-3-5-12(11)8-15(19)9-13-6-7-14(17)10-16(13)18/h2-7,10,15H,8-9,19H2,1H3. The molecule has 1 atom stereocenters. The lowest BCUT2D eigenvalue weighted by Crippen LogP contribution is -2.26. The van der Waals surface area contributed by atoms with Crippen molar-refractivity contribution in [1.82, 2.24) is 0 Å². The normalized spacial score (nSPS) is 12.4. The largest absolute Gasteiger partial charge is 0.327 e. The van der Waals surface area contributed by atoms with Crippen molar-refractivity contribution in [3.8, 4) is 0 Å². The van der Waals surface area contributed by atoms with Crippen molar-refractivity contribution >= 4 is 0 Å². The van der Waals surface area contributed by atoms with Gasteiger partial charge in [-0.05, 0) is 42.5 Å². The highest BCUT2D eigenvalue weighted by Gasteiger charge is 2.11. The van der Waals surface area contributed by atoms with Crippen LogP contribution >= 0.6 is 0 Å². The fourth-order valence-corrected chi connectivity index (χ4v) is 2.16. The highest BCUT2D eigenvalue weighted by atomic mass is 19.1. The maximum absolute atomic E-state index is 13.5. The number of hydrogen-bond donors (Lipinski definition) is 1. The van der Waals surface area contributed by atoms with Crippen molar-refractivity contribution in [2.75, 3.05) is 0 Å². The molecule has 19 heavy (non-hydrogen) atoms. The third-order valence-electron chi connectivity index (χ3n) is 3.24. The van der Waals surface area contributed by atoms with E-state index in [1.807, 2.05) is 31.2 Å². The van der Waals surface area contributed by atoms with E-state index in [1.54, 1.807) is 0 Å². The summed E-state index contributed by atoms with van der Waals surface area (Å²) in [5.74, 6) is -1.09. The predicted octanol–water partition coefficient (Wildman–Crippen LogP) is 3.39. The van der Waals surface area contributed by atoms with Crippen LogP contribution in [0.2, 0.25) is 0 Å². The first-order valence-electron chi connectivity index (χ1n) is 6.30. The molecule has 0 saturated heterocycles. The van der Waals surface area contributed by atoms with E-state index in [1.165, 1.54) is 17.7 Å². The molecular formula is C16H17F2N. The van der Waals surface area contributed by atoms with Crippen LogP contribution in [0.4, 0.5) is 8.78 Å². The fourth-order valence-electron chi connectivity index (χ4n) is 2.16. The number of benzene rings is 2. The SMILES string of the molecule is Cc1ccccc1CC(N)Cc1ccc(F)cc1F. The Labute approximate surface area is 112 Å². The van der Waals surface area contributed by atoms with E-state index < -0.39 is 11.6 Å². The third-order valence-corrected chi connectivity index (χ3v) is 3.24. The van der Waals surface area contributed by atoms with Gasteiger partial charge in [-0.3, -0.25) is 0 Å². The molecule has 0 aliphatic rings. The molecule has 2 N–H and O–H groups in total. The Morgan fingerprint density at radius 1 is 1.00 bits per heavy atom. The first-order valence-corrected chi connectivity index (χ1v) is 6.30. The summed E-state index contributed by atoms with van der Waals surface area (Å²) in [5.41, 5.74) is 8.86. The van der Waals surface area contributed by atoms with Crippen molar-refractivity contribution in [3.05, 3.63) is 70.8 Å². The Morgan fingerprint density at radius 2 is 1.68 bits per heavy atom. The van der Waals surface area contributed by atoms with Gasteiger partial charge in [0, 0.05) is 12.1 Å². The van der Waals surface area contributed by atoms with E-state index in [0.29, 0.717) is 18.4 Å². The lowest BCUT2D eigenvalue weighted by Gasteiger charge is -2.14. The maximum Gasteiger partial charge on any atom is 0.129 e. The van der Waals surface area contributed by atoms with Gasteiger partial charge in [-0.2, -0.15) is 0 Å². The summed E-state index contributed by atoms with van der Waals surface area (Å²) in [5, 5.41) is 0. The molecule has 0 bridgehead atoms. The number of hydrogen-bond acceptors (Lipinski definition) is 1. The second-order valence-electron chi connectivity index (χ2n) is 4.83. The van der Waals surface area contributed by atoms with Crippen molar-refractivity contribution in [3.63, 3.8) is 0 Å². The Hall–Kier alpha value is -1.74. The first kappa shape index (κ1) is 13.7. The minimum Gasteiger partial charge on any atom is -0.327 e. The zero-order chi connectivity index (χ0) is 13.8. The first-order chi connectivity index (χ1) is 9.06. The molecule has 0 fully saturated rings.